The van der Waals surface area contributed by atoms with Crippen LogP contribution in [0.5, 0.6) is 0 Å². The average molecular weight is 289 g/mol. The van der Waals surface area contributed by atoms with Crippen LogP contribution in [0.3, 0.4) is 0 Å². The molecular formula is C14H19N5S. The number of hydrogen-bond donors (Lipinski definition) is 1. The molecule has 3 heterocycles. The quantitative estimate of drug-likeness (QED) is 0.927. The lowest BCUT2D eigenvalue weighted by molar-refractivity contribution is 0.455. The van der Waals surface area contributed by atoms with Gasteiger partial charge in [0.2, 0.25) is 0 Å². The van der Waals surface area contributed by atoms with Gasteiger partial charge in [0.1, 0.15) is 11.3 Å². The van der Waals surface area contributed by atoms with E-state index in [1.807, 2.05) is 23.9 Å². The topological polar surface area (TPSA) is 67.9 Å². The van der Waals surface area contributed by atoms with Crippen LogP contribution in [0, 0.1) is 0 Å². The number of fused-ring (bicyclic) bond motifs is 1. The lowest BCUT2D eigenvalue weighted by Gasteiger charge is -2.40. The van der Waals surface area contributed by atoms with Crippen molar-refractivity contribution < 1.29 is 0 Å². The Balaban J connectivity index is 1.79. The molecule has 0 radical (unpaired) electrons. The summed E-state index contributed by atoms with van der Waals surface area (Å²) in [5, 5.41) is 0. The van der Waals surface area contributed by atoms with Gasteiger partial charge in [-0.3, -0.25) is 4.98 Å². The second kappa shape index (κ2) is 5.54. The van der Waals surface area contributed by atoms with Gasteiger partial charge in [-0.2, -0.15) is 11.8 Å². The molecule has 5 nitrogen and oxygen atoms in total. The Morgan fingerprint density at radius 1 is 1.25 bits per heavy atom. The lowest BCUT2D eigenvalue weighted by Crippen LogP contribution is -2.46. The number of nitrogens with two attached hydrogens (primary N) is 1. The summed E-state index contributed by atoms with van der Waals surface area (Å²) in [4.78, 5) is 15.5. The summed E-state index contributed by atoms with van der Waals surface area (Å²) in [6, 6.07) is 4.02. The molecule has 1 aliphatic heterocycles. The first-order valence-corrected chi connectivity index (χ1v) is 8.07. The van der Waals surface area contributed by atoms with E-state index in [2.05, 4.69) is 26.1 Å². The molecule has 0 saturated carbocycles. The van der Waals surface area contributed by atoms with E-state index >= 15 is 0 Å². The highest BCUT2D eigenvalue weighted by molar-refractivity contribution is 8.00. The van der Waals surface area contributed by atoms with E-state index in [0.29, 0.717) is 5.65 Å². The minimum atomic E-state index is 0.243. The number of hydrogen-bond acceptors (Lipinski definition) is 6. The van der Waals surface area contributed by atoms with E-state index in [4.69, 9.17) is 5.73 Å². The molecule has 0 amide bonds. The van der Waals surface area contributed by atoms with Crippen molar-refractivity contribution in [1.82, 2.24) is 15.0 Å². The van der Waals surface area contributed by atoms with Crippen LogP contribution in [0.2, 0.25) is 0 Å². The Morgan fingerprint density at radius 3 is 2.70 bits per heavy atom. The highest BCUT2D eigenvalue weighted by atomic mass is 32.2. The number of rotatable bonds is 3. The Kier molecular flexibility index (Phi) is 3.76. The van der Waals surface area contributed by atoms with Crippen LogP contribution in [-0.2, 0) is 0 Å². The summed E-state index contributed by atoms with van der Waals surface area (Å²) in [5.41, 5.74) is 7.49. The summed E-state index contributed by atoms with van der Waals surface area (Å²) in [7, 11) is 0. The van der Waals surface area contributed by atoms with E-state index < -0.39 is 0 Å². The molecule has 0 aromatic carbocycles. The Bertz CT molecular complexity index is 589. The zero-order valence-corrected chi connectivity index (χ0v) is 12.4. The first kappa shape index (κ1) is 13.6. The van der Waals surface area contributed by atoms with Gasteiger partial charge in [0.15, 0.2) is 5.65 Å². The Hall–Kier alpha value is -1.40. The SMILES string of the molecule is CSC1(CN)CCN(c2ccc3nccnc3n2)CC1. The van der Waals surface area contributed by atoms with Crippen molar-refractivity contribution in [1.29, 1.82) is 0 Å². The van der Waals surface area contributed by atoms with Crippen LogP contribution in [-0.4, -0.2) is 45.6 Å². The van der Waals surface area contributed by atoms with Gasteiger partial charge in [-0.15, -0.1) is 0 Å². The number of aromatic nitrogens is 3. The third-order valence-electron chi connectivity index (χ3n) is 4.12. The monoisotopic (exact) mass is 289 g/mol. The van der Waals surface area contributed by atoms with E-state index in [1.54, 1.807) is 12.4 Å². The summed E-state index contributed by atoms with van der Waals surface area (Å²) in [6.45, 7) is 2.74. The van der Waals surface area contributed by atoms with Gasteiger partial charge in [0.05, 0.1) is 0 Å². The number of nitrogens with zero attached hydrogens (tertiary/aromatic N) is 4. The predicted octanol–water partition coefficient (Wildman–Crippen LogP) is 1.69. The highest BCUT2D eigenvalue weighted by Crippen LogP contribution is 2.34. The Morgan fingerprint density at radius 2 is 2.00 bits per heavy atom. The van der Waals surface area contributed by atoms with E-state index in [0.717, 1.165) is 43.8 Å². The molecule has 0 bridgehead atoms. The minimum absolute atomic E-state index is 0.243. The molecule has 106 valence electrons. The molecule has 0 aliphatic carbocycles. The van der Waals surface area contributed by atoms with Crippen LogP contribution >= 0.6 is 11.8 Å². The molecular weight excluding hydrogens is 270 g/mol. The van der Waals surface area contributed by atoms with Crippen LogP contribution < -0.4 is 10.6 Å². The van der Waals surface area contributed by atoms with Gasteiger partial charge in [-0.05, 0) is 31.2 Å². The van der Waals surface area contributed by atoms with Gasteiger partial charge in [-0.25, -0.2) is 9.97 Å². The fourth-order valence-electron chi connectivity index (χ4n) is 2.66. The first-order chi connectivity index (χ1) is 9.76. The van der Waals surface area contributed by atoms with Gasteiger partial charge in [0, 0.05) is 36.8 Å². The van der Waals surface area contributed by atoms with Crippen molar-refractivity contribution in [3.8, 4) is 0 Å². The molecule has 20 heavy (non-hydrogen) atoms. The molecule has 0 unspecified atom stereocenters. The summed E-state index contributed by atoms with van der Waals surface area (Å²) in [5.74, 6) is 0.990. The smallest absolute Gasteiger partial charge is 0.180 e. The van der Waals surface area contributed by atoms with Crippen molar-refractivity contribution in [2.45, 2.75) is 17.6 Å². The van der Waals surface area contributed by atoms with Crippen LogP contribution in [0.1, 0.15) is 12.8 Å². The van der Waals surface area contributed by atoms with E-state index in [1.165, 1.54) is 0 Å². The van der Waals surface area contributed by atoms with Crippen LogP contribution in [0.4, 0.5) is 5.82 Å². The average Bonchev–Trinajstić information content (AvgIpc) is 2.54. The maximum absolute atomic E-state index is 5.93. The van der Waals surface area contributed by atoms with Crippen molar-refractivity contribution in [3.05, 3.63) is 24.5 Å². The van der Waals surface area contributed by atoms with Crippen molar-refractivity contribution >= 4 is 28.7 Å². The standard InChI is InChI=1S/C14H19N5S/c1-20-14(10-15)4-8-19(9-5-14)12-3-2-11-13(18-12)17-7-6-16-11/h2-3,6-7H,4-5,8-10,15H2,1H3. The predicted molar refractivity (Wildman–Crippen MR) is 84.1 cm³/mol. The molecule has 0 atom stereocenters. The molecule has 1 fully saturated rings. The van der Waals surface area contributed by atoms with Crippen LogP contribution in [0.25, 0.3) is 11.2 Å². The summed E-state index contributed by atoms with van der Waals surface area (Å²) in [6.07, 6.45) is 7.74. The van der Waals surface area contributed by atoms with Crippen molar-refractivity contribution in [2.75, 3.05) is 30.8 Å². The third kappa shape index (κ3) is 2.45. The molecule has 2 N–H and O–H groups in total. The minimum Gasteiger partial charge on any atom is -0.356 e. The van der Waals surface area contributed by atoms with E-state index in [-0.39, 0.29) is 4.75 Å². The molecule has 2 aromatic heterocycles. The Labute approximate surface area is 123 Å². The fraction of sp³-hybridized carbons (Fsp3) is 0.500. The second-order valence-electron chi connectivity index (χ2n) is 5.15. The summed E-state index contributed by atoms with van der Waals surface area (Å²) < 4.78 is 0.243. The van der Waals surface area contributed by atoms with Crippen LogP contribution in [0.15, 0.2) is 24.5 Å². The van der Waals surface area contributed by atoms with Crippen molar-refractivity contribution in [2.24, 2.45) is 5.73 Å². The number of pyridine rings is 1. The largest absolute Gasteiger partial charge is 0.356 e. The maximum Gasteiger partial charge on any atom is 0.180 e. The van der Waals surface area contributed by atoms with Gasteiger partial charge < -0.3 is 10.6 Å². The van der Waals surface area contributed by atoms with Gasteiger partial charge in [-0.1, -0.05) is 0 Å². The van der Waals surface area contributed by atoms with E-state index in [9.17, 15) is 0 Å². The fourth-order valence-corrected chi connectivity index (χ4v) is 3.41. The first-order valence-electron chi connectivity index (χ1n) is 6.84. The number of anilines is 1. The molecule has 2 aromatic rings. The molecule has 6 heteroatoms. The highest BCUT2D eigenvalue weighted by Gasteiger charge is 2.32. The third-order valence-corrected chi connectivity index (χ3v) is 5.56. The molecule has 3 rings (SSSR count). The number of piperidine rings is 1. The zero-order valence-electron chi connectivity index (χ0n) is 11.6. The maximum atomic E-state index is 5.93. The molecule has 0 spiro atoms. The molecule has 1 aliphatic rings. The zero-order chi connectivity index (χ0) is 14.0. The lowest BCUT2D eigenvalue weighted by atomic mass is 9.96. The van der Waals surface area contributed by atoms with Gasteiger partial charge in [0.25, 0.3) is 0 Å². The normalized spacial score (nSPS) is 18.4. The number of thioether (sulfide) groups is 1. The van der Waals surface area contributed by atoms with Crippen molar-refractivity contribution in [3.63, 3.8) is 0 Å². The second-order valence-corrected chi connectivity index (χ2v) is 6.42. The molecule has 1 saturated heterocycles. The van der Waals surface area contributed by atoms with Gasteiger partial charge >= 0.3 is 0 Å². The summed E-state index contributed by atoms with van der Waals surface area (Å²) >= 11 is 1.90.